The van der Waals surface area contributed by atoms with Gasteiger partial charge < -0.3 is 9.64 Å². The standard InChI is InChI=1S/C19H18FNO2S2/c20-15-5-7-16(8-6-15)23-10-9-19(22)21(13-17-3-1-11-24-17)14-18-4-2-12-25-18/h1-8,11-12H,9-10,13-14H2. The Labute approximate surface area is 154 Å². The summed E-state index contributed by atoms with van der Waals surface area (Å²) < 4.78 is 18.4. The molecule has 0 aliphatic carbocycles. The number of benzene rings is 1. The van der Waals surface area contributed by atoms with Crippen molar-refractivity contribution in [3.8, 4) is 5.75 Å². The van der Waals surface area contributed by atoms with Gasteiger partial charge in [-0.3, -0.25) is 4.79 Å². The quantitative estimate of drug-likeness (QED) is 0.558. The second kappa shape index (κ2) is 8.78. The minimum Gasteiger partial charge on any atom is -0.493 e. The minimum atomic E-state index is -0.304. The van der Waals surface area contributed by atoms with E-state index in [0.29, 0.717) is 18.8 Å². The molecular weight excluding hydrogens is 357 g/mol. The summed E-state index contributed by atoms with van der Waals surface area (Å²) in [5, 5.41) is 4.03. The van der Waals surface area contributed by atoms with Crippen LogP contribution in [-0.4, -0.2) is 17.4 Å². The average Bonchev–Trinajstić information content (AvgIpc) is 3.30. The molecule has 0 spiro atoms. The molecule has 0 bridgehead atoms. The van der Waals surface area contributed by atoms with E-state index in [2.05, 4.69) is 0 Å². The molecule has 25 heavy (non-hydrogen) atoms. The summed E-state index contributed by atoms with van der Waals surface area (Å²) >= 11 is 3.29. The molecule has 1 amide bonds. The Balaban J connectivity index is 1.56. The van der Waals surface area contributed by atoms with Gasteiger partial charge in [0.05, 0.1) is 26.1 Å². The van der Waals surface area contributed by atoms with Gasteiger partial charge in [-0.05, 0) is 47.2 Å². The van der Waals surface area contributed by atoms with Crippen LogP contribution >= 0.6 is 22.7 Å². The van der Waals surface area contributed by atoms with Crippen molar-refractivity contribution in [2.45, 2.75) is 19.5 Å². The number of amides is 1. The smallest absolute Gasteiger partial charge is 0.226 e. The number of rotatable bonds is 8. The van der Waals surface area contributed by atoms with Gasteiger partial charge >= 0.3 is 0 Å². The van der Waals surface area contributed by atoms with Crippen molar-refractivity contribution in [2.75, 3.05) is 6.61 Å². The molecule has 0 atom stereocenters. The van der Waals surface area contributed by atoms with E-state index >= 15 is 0 Å². The number of thiophene rings is 2. The van der Waals surface area contributed by atoms with Crippen LogP contribution in [0.4, 0.5) is 4.39 Å². The minimum absolute atomic E-state index is 0.0453. The van der Waals surface area contributed by atoms with E-state index in [9.17, 15) is 9.18 Å². The third-order valence-electron chi connectivity index (χ3n) is 3.60. The molecule has 3 nitrogen and oxygen atoms in total. The number of nitrogens with zero attached hydrogens (tertiary/aromatic N) is 1. The zero-order valence-electron chi connectivity index (χ0n) is 13.6. The molecule has 0 saturated carbocycles. The molecule has 0 fully saturated rings. The van der Waals surface area contributed by atoms with Crippen molar-refractivity contribution < 1.29 is 13.9 Å². The number of hydrogen-bond acceptors (Lipinski definition) is 4. The summed E-state index contributed by atoms with van der Waals surface area (Å²) in [5.41, 5.74) is 0. The summed E-state index contributed by atoms with van der Waals surface area (Å²) in [6, 6.07) is 13.9. The van der Waals surface area contributed by atoms with Gasteiger partial charge in [-0.1, -0.05) is 12.1 Å². The highest BCUT2D eigenvalue weighted by molar-refractivity contribution is 7.10. The van der Waals surface area contributed by atoms with Gasteiger partial charge in [-0.25, -0.2) is 4.39 Å². The topological polar surface area (TPSA) is 29.5 Å². The maximum Gasteiger partial charge on any atom is 0.226 e. The molecule has 1 aromatic carbocycles. The molecule has 6 heteroatoms. The van der Waals surface area contributed by atoms with Crippen LogP contribution in [-0.2, 0) is 17.9 Å². The molecule has 0 unspecified atom stereocenters. The maximum atomic E-state index is 12.9. The second-order valence-electron chi connectivity index (χ2n) is 5.46. The van der Waals surface area contributed by atoms with E-state index in [1.807, 2.05) is 39.9 Å². The SMILES string of the molecule is O=C(CCOc1ccc(F)cc1)N(Cc1cccs1)Cc1cccs1. The Morgan fingerprint density at radius 1 is 0.960 bits per heavy atom. The van der Waals surface area contributed by atoms with Crippen LogP contribution in [0.1, 0.15) is 16.2 Å². The van der Waals surface area contributed by atoms with Crippen molar-refractivity contribution in [2.24, 2.45) is 0 Å². The Morgan fingerprint density at radius 2 is 1.56 bits per heavy atom. The fourth-order valence-electron chi connectivity index (χ4n) is 2.36. The Hall–Kier alpha value is -2.18. The number of carbonyl (C=O) groups excluding carboxylic acids is 1. The van der Waals surface area contributed by atoms with Crippen LogP contribution in [0, 0.1) is 5.82 Å². The van der Waals surface area contributed by atoms with Crippen LogP contribution in [0.2, 0.25) is 0 Å². The molecule has 0 aliphatic rings. The molecule has 2 heterocycles. The average molecular weight is 375 g/mol. The van der Waals surface area contributed by atoms with Gasteiger partial charge in [0.25, 0.3) is 0 Å². The van der Waals surface area contributed by atoms with Crippen LogP contribution in [0.5, 0.6) is 5.75 Å². The van der Waals surface area contributed by atoms with Crippen LogP contribution in [0.15, 0.2) is 59.3 Å². The Kier molecular flexibility index (Phi) is 6.19. The number of ether oxygens (including phenoxy) is 1. The van der Waals surface area contributed by atoms with Gasteiger partial charge in [0.15, 0.2) is 0 Å². The molecule has 0 saturated heterocycles. The van der Waals surface area contributed by atoms with Gasteiger partial charge in [-0.2, -0.15) is 0 Å². The molecule has 0 aliphatic heterocycles. The van der Waals surface area contributed by atoms with E-state index in [4.69, 9.17) is 4.74 Å². The highest BCUT2D eigenvalue weighted by Gasteiger charge is 2.16. The Bertz CT molecular complexity index is 734. The lowest BCUT2D eigenvalue weighted by molar-refractivity contribution is -0.132. The van der Waals surface area contributed by atoms with Crippen molar-refractivity contribution in [3.05, 3.63) is 74.9 Å². The largest absolute Gasteiger partial charge is 0.493 e. The lowest BCUT2D eigenvalue weighted by Crippen LogP contribution is -2.30. The lowest BCUT2D eigenvalue weighted by atomic mass is 10.3. The normalized spacial score (nSPS) is 10.6. The highest BCUT2D eigenvalue weighted by atomic mass is 32.1. The van der Waals surface area contributed by atoms with E-state index in [-0.39, 0.29) is 24.8 Å². The molecular formula is C19H18FNO2S2. The molecule has 3 aromatic rings. The van der Waals surface area contributed by atoms with E-state index in [1.54, 1.807) is 34.8 Å². The fourth-order valence-corrected chi connectivity index (χ4v) is 3.80. The van der Waals surface area contributed by atoms with Crippen molar-refractivity contribution >= 4 is 28.6 Å². The summed E-state index contributed by atoms with van der Waals surface area (Å²) in [6.45, 7) is 1.48. The number of carbonyl (C=O) groups is 1. The molecule has 3 rings (SSSR count). The van der Waals surface area contributed by atoms with Crippen molar-refractivity contribution in [1.82, 2.24) is 4.90 Å². The zero-order valence-corrected chi connectivity index (χ0v) is 15.2. The fraction of sp³-hybridized carbons (Fsp3) is 0.211. The van der Waals surface area contributed by atoms with Crippen molar-refractivity contribution in [1.29, 1.82) is 0 Å². The first-order chi connectivity index (χ1) is 12.2. The lowest BCUT2D eigenvalue weighted by Gasteiger charge is -2.21. The van der Waals surface area contributed by atoms with Crippen LogP contribution in [0.3, 0.4) is 0 Å². The maximum absolute atomic E-state index is 12.9. The van der Waals surface area contributed by atoms with E-state index in [0.717, 1.165) is 9.75 Å². The number of halogens is 1. The third kappa shape index (κ3) is 5.41. The summed E-state index contributed by atoms with van der Waals surface area (Å²) in [5.74, 6) is 0.308. The van der Waals surface area contributed by atoms with E-state index in [1.165, 1.54) is 12.1 Å². The van der Waals surface area contributed by atoms with Crippen molar-refractivity contribution in [3.63, 3.8) is 0 Å². The first kappa shape index (κ1) is 17.6. The predicted molar refractivity (Wildman–Crippen MR) is 99.4 cm³/mol. The second-order valence-corrected chi connectivity index (χ2v) is 7.53. The van der Waals surface area contributed by atoms with Gasteiger partial charge in [0.1, 0.15) is 11.6 Å². The first-order valence-electron chi connectivity index (χ1n) is 7.91. The van der Waals surface area contributed by atoms with Crippen LogP contribution < -0.4 is 4.74 Å². The zero-order chi connectivity index (χ0) is 17.5. The summed E-state index contributed by atoms with van der Waals surface area (Å²) in [7, 11) is 0. The first-order valence-corrected chi connectivity index (χ1v) is 9.67. The monoisotopic (exact) mass is 375 g/mol. The van der Waals surface area contributed by atoms with E-state index < -0.39 is 0 Å². The third-order valence-corrected chi connectivity index (χ3v) is 5.33. The van der Waals surface area contributed by atoms with Gasteiger partial charge in [-0.15, -0.1) is 22.7 Å². The molecule has 0 radical (unpaired) electrons. The van der Waals surface area contributed by atoms with Gasteiger partial charge in [0.2, 0.25) is 5.91 Å². The summed E-state index contributed by atoms with van der Waals surface area (Å²) in [4.78, 5) is 16.8. The summed E-state index contributed by atoms with van der Waals surface area (Å²) in [6.07, 6.45) is 0.286. The van der Waals surface area contributed by atoms with Crippen LogP contribution in [0.25, 0.3) is 0 Å². The highest BCUT2D eigenvalue weighted by Crippen LogP contribution is 2.18. The number of hydrogen-bond donors (Lipinski definition) is 0. The molecule has 2 aromatic heterocycles. The predicted octanol–water partition coefficient (Wildman–Crippen LogP) is 4.95. The molecule has 0 N–H and O–H groups in total. The molecule has 130 valence electrons. The van der Waals surface area contributed by atoms with Gasteiger partial charge in [0, 0.05) is 9.75 Å². The Morgan fingerprint density at radius 3 is 2.08 bits per heavy atom.